The minimum absolute atomic E-state index is 0.107. The van der Waals surface area contributed by atoms with Crippen LogP contribution in [0.4, 0.5) is 5.82 Å². The number of rotatable bonds is 12. The van der Waals surface area contributed by atoms with Crippen molar-refractivity contribution in [1.82, 2.24) is 29.7 Å². The molecule has 222 valence electrons. The number of anilines is 1. The largest absolute Gasteiger partial charge is 0.508 e. The van der Waals surface area contributed by atoms with E-state index in [4.69, 9.17) is 10.5 Å². The fraction of sp³-hybridized carbons (Fsp3) is 0.419. The van der Waals surface area contributed by atoms with Gasteiger partial charge in [0.1, 0.15) is 11.3 Å². The lowest BCUT2D eigenvalue weighted by Crippen LogP contribution is -2.34. The smallest absolute Gasteiger partial charge is 0.328 e. The Morgan fingerprint density at radius 1 is 1.07 bits per heavy atom. The minimum atomic E-state index is -0.288. The fourth-order valence-corrected chi connectivity index (χ4v) is 5.28. The zero-order valence-corrected chi connectivity index (χ0v) is 24.0. The Labute approximate surface area is 244 Å². The van der Waals surface area contributed by atoms with Crippen LogP contribution in [0.5, 0.6) is 11.8 Å². The average Bonchev–Trinajstić information content (AvgIpc) is 3.30. The first kappa shape index (κ1) is 29.1. The summed E-state index contributed by atoms with van der Waals surface area (Å²) in [6.45, 7) is 6.50. The first-order valence-electron chi connectivity index (χ1n) is 14.7. The fourth-order valence-electron chi connectivity index (χ4n) is 5.28. The number of benzene rings is 2. The maximum atomic E-state index is 12.7. The molecule has 2 aromatic heterocycles. The molecule has 4 aromatic rings. The lowest BCUT2D eigenvalue weighted by atomic mass is 9.93. The van der Waals surface area contributed by atoms with E-state index >= 15 is 0 Å². The van der Waals surface area contributed by atoms with Crippen molar-refractivity contribution in [1.29, 1.82) is 0 Å². The number of imidazole rings is 1. The third kappa shape index (κ3) is 7.27. The van der Waals surface area contributed by atoms with Crippen molar-refractivity contribution in [2.24, 2.45) is 5.92 Å². The van der Waals surface area contributed by atoms with Crippen LogP contribution in [0.1, 0.15) is 60.5 Å². The highest BCUT2D eigenvalue weighted by Crippen LogP contribution is 2.23. The summed E-state index contributed by atoms with van der Waals surface area (Å²) in [4.78, 5) is 38.8. The number of piperidine rings is 1. The van der Waals surface area contributed by atoms with Gasteiger partial charge in [0.25, 0.3) is 5.91 Å². The molecule has 11 heteroatoms. The van der Waals surface area contributed by atoms with Crippen LogP contribution in [0.15, 0.2) is 53.3 Å². The van der Waals surface area contributed by atoms with Crippen LogP contribution in [-0.4, -0.2) is 61.7 Å². The molecule has 0 unspecified atom stereocenters. The van der Waals surface area contributed by atoms with Crippen molar-refractivity contribution < 1.29 is 14.6 Å². The Bertz CT molecular complexity index is 1540. The second-order valence-electron chi connectivity index (χ2n) is 10.9. The Balaban J connectivity index is 1.10. The molecular weight excluding hydrogens is 534 g/mol. The van der Waals surface area contributed by atoms with Gasteiger partial charge in [0.15, 0.2) is 11.5 Å². The molecule has 0 atom stereocenters. The summed E-state index contributed by atoms with van der Waals surface area (Å²) in [7, 11) is 0. The maximum absolute atomic E-state index is 12.7. The lowest BCUT2D eigenvalue weighted by molar-refractivity contribution is 0.0947. The van der Waals surface area contributed by atoms with Crippen LogP contribution in [-0.2, 0) is 13.1 Å². The standard InChI is InChI=1S/C31H39N7O4/c1-2-3-18-42-30-35-27(32)26-28(36-30)38(31(41)34-26)20-23-6-4-22(5-7-23)19-37-16-13-21(14-17-37)12-15-33-29(40)24-8-10-25(39)11-9-24/h4-11,21,39H,2-3,12-20H2,1H3,(H,33,40)(H,34,41)(H2,32,35,36). The summed E-state index contributed by atoms with van der Waals surface area (Å²) in [5.74, 6) is 0.832. The number of ether oxygens (including phenoxy) is 1. The molecule has 1 fully saturated rings. The first-order chi connectivity index (χ1) is 20.4. The highest BCUT2D eigenvalue weighted by atomic mass is 16.5. The van der Waals surface area contributed by atoms with Crippen molar-refractivity contribution in [3.63, 3.8) is 0 Å². The molecule has 0 saturated carbocycles. The third-order valence-electron chi connectivity index (χ3n) is 7.80. The number of aromatic hydroxyl groups is 1. The van der Waals surface area contributed by atoms with Gasteiger partial charge in [0, 0.05) is 18.7 Å². The number of fused-ring (bicyclic) bond motifs is 1. The van der Waals surface area contributed by atoms with Gasteiger partial charge >= 0.3 is 11.7 Å². The number of aromatic amines is 1. The number of amides is 1. The summed E-state index contributed by atoms with van der Waals surface area (Å²) >= 11 is 0. The van der Waals surface area contributed by atoms with Gasteiger partial charge in [-0.1, -0.05) is 37.6 Å². The van der Waals surface area contributed by atoms with Crippen molar-refractivity contribution in [3.8, 4) is 11.8 Å². The molecule has 3 heterocycles. The number of nitrogen functional groups attached to an aromatic ring is 1. The van der Waals surface area contributed by atoms with Crippen LogP contribution in [0.25, 0.3) is 11.2 Å². The van der Waals surface area contributed by atoms with E-state index in [1.807, 2.05) is 12.1 Å². The normalized spacial score (nSPS) is 14.3. The summed E-state index contributed by atoms with van der Waals surface area (Å²) in [5.41, 5.74) is 9.41. The summed E-state index contributed by atoms with van der Waals surface area (Å²) in [6, 6.07) is 14.8. The quantitative estimate of drug-likeness (QED) is 0.188. The highest BCUT2D eigenvalue weighted by molar-refractivity contribution is 5.94. The maximum Gasteiger partial charge on any atom is 0.328 e. The number of nitrogens with zero attached hydrogens (tertiary/aromatic N) is 4. The molecule has 1 amide bonds. The molecule has 5 N–H and O–H groups in total. The summed E-state index contributed by atoms with van der Waals surface area (Å²) < 4.78 is 7.20. The second-order valence-corrected chi connectivity index (χ2v) is 10.9. The molecule has 0 spiro atoms. The van der Waals surface area contributed by atoms with Crippen molar-refractivity contribution >= 4 is 22.9 Å². The van der Waals surface area contributed by atoms with E-state index in [1.165, 1.54) is 17.7 Å². The summed E-state index contributed by atoms with van der Waals surface area (Å²) in [5, 5.41) is 12.4. The Morgan fingerprint density at radius 3 is 2.45 bits per heavy atom. The molecule has 1 aliphatic heterocycles. The zero-order valence-electron chi connectivity index (χ0n) is 24.0. The van der Waals surface area contributed by atoms with Crippen molar-refractivity contribution in [2.75, 3.05) is 32.0 Å². The van der Waals surface area contributed by atoms with Gasteiger partial charge in [0.05, 0.1) is 13.2 Å². The number of nitrogens with one attached hydrogen (secondary N) is 2. The number of phenolic OH excluding ortho intramolecular Hbond substituents is 1. The predicted octanol–water partition coefficient (Wildman–Crippen LogP) is 3.67. The van der Waals surface area contributed by atoms with Crippen LogP contribution in [0, 0.1) is 5.92 Å². The Kier molecular flexibility index (Phi) is 9.38. The van der Waals surface area contributed by atoms with E-state index in [2.05, 4.69) is 44.2 Å². The van der Waals surface area contributed by atoms with E-state index < -0.39 is 0 Å². The number of nitrogens with two attached hydrogens (primary N) is 1. The van der Waals surface area contributed by atoms with Crippen LogP contribution in [0.2, 0.25) is 0 Å². The number of H-pyrrole nitrogens is 1. The SMILES string of the molecule is CCCCOc1nc(N)c2[nH]c(=O)n(Cc3ccc(CN4CCC(CCNC(=O)c5ccc(O)cc5)CC4)cc3)c2n1. The van der Waals surface area contributed by atoms with Gasteiger partial charge in [-0.3, -0.25) is 14.3 Å². The Morgan fingerprint density at radius 2 is 1.76 bits per heavy atom. The molecular formula is C31H39N7O4. The number of likely N-dealkylation sites (tertiary alicyclic amines) is 1. The lowest BCUT2D eigenvalue weighted by Gasteiger charge is -2.32. The molecule has 1 aliphatic rings. The third-order valence-corrected chi connectivity index (χ3v) is 7.80. The van der Waals surface area contributed by atoms with Gasteiger partial charge in [-0.15, -0.1) is 0 Å². The number of phenols is 1. The molecule has 5 rings (SSSR count). The van der Waals surface area contributed by atoms with Gasteiger partial charge in [-0.25, -0.2) is 4.79 Å². The van der Waals surface area contributed by atoms with E-state index in [-0.39, 0.29) is 29.2 Å². The van der Waals surface area contributed by atoms with E-state index in [1.54, 1.807) is 16.7 Å². The van der Waals surface area contributed by atoms with Crippen LogP contribution in [0.3, 0.4) is 0 Å². The summed E-state index contributed by atoms with van der Waals surface area (Å²) in [6.07, 6.45) is 5.04. The van der Waals surface area contributed by atoms with E-state index in [9.17, 15) is 14.7 Å². The zero-order chi connectivity index (χ0) is 29.5. The molecule has 11 nitrogen and oxygen atoms in total. The van der Waals surface area contributed by atoms with Gasteiger partial charge < -0.3 is 25.9 Å². The number of aromatic nitrogens is 4. The second kappa shape index (κ2) is 13.5. The molecule has 0 radical (unpaired) electrons. The number of carbonyl (C=O) groups is 1. The first-order valence-corrected chi connectivity index (χ1v) is 14.7. The van der Waals surface area contributed by atoms with Crippen molar-refractivity contribution in [3.05, 3.63) is 75.7 Å². The number of hydrogen-bond donors (Lipinski definition) is 4. The minimum Gasteiger partial charge on any atom is -0.508 e. The topological polar surface area (TPSA) is 151 Å². The number of unbranched alkanes of at least 4 members (excludes halogenated alkanes) is 1. The highest BCUT2D eigenvalue weighted by Gasteiger charge is 2.20. The molecule has 0 bridgehead atoms. The molecule has 0 aliphatic carbocycles. The number of carbonyl (C=O) groups excluding carboxylic acids is 1. The van der Waals surface area contributed by atoms with Gasteiger partial charge in [-0.05, 0) is 80.1 Å². The monoisotopic (exact) mass is 573 g/mol. The van der Waals surface area contributed by atoms with Gasteiger partial charge in [-0.2, -0.15) is 9.97 Å². The average molecular weight is 574 g/mol. The van der Waals surface area contributed by atoms with Crippen molar-refractivity contribution in [2.45, 2.75) is 52.1 Å². The molecule has 2 aromatic carbocycles. The van der Waals surface area contributed by atoms with E-state index in [0.717, 1.165) is 57.3 Å². The van der Waals surface area contributed by atoms with Crippen LogP contribution >= 0.6 is 0 Å². The molecule has 42 heavy (non-hydrogen) atoms. The predicted molar refractivity (Wildman–Crippen MR) is 162 cm³/mol. The number of hydrogen-bond acceptors (Lipinski definition) is 8. The van der Waals surface area contributed by atoms with Crippen LogP contribution < -0.4 is 21.5 Å². The van der Waals surface area contributed by atoms with E-state index in [0.29, 0.717) is 42.3 Å². The Hall–Kier alpha value is -4.38. The van der Waals surface area contributed by atoms with Gasteiger partial charge in [0.2, 0.25) is 0 Å². The molecule has 1 saturated heterocycles.